The standard InChI is InChI=1S/C24H30Cl2N4O6S/c1-5-16(3)27-24(32)22(6-2)28(14-19-20(25)11-8-12-21(19)26)23(31)15-29(37(4,35)36)17-9-7-10-18(13-17)30(33)34/h7-13,16,22H,5-6,14-15H2,1-4H3,(H,27,32)/t16-,22-/m0/s1. The maximum absolute atomic E-state index is 13.7. The number of benzene rings is 2. The average molecular weight is 573 g/mol. The molecule has 0 aromatic heterocycles. The van der Waals surface area contributed by atoms with Gasteiger partial charge in [0.05, 0.1) is 16.9 Å². The molecule has 0 spiro atoms. The summed E-state index contributed by atoms with van der Waals surface area (Å²) in [6.07, 6.45) is 1.79. The van der Waals surface area contributed by atoms with Crippen molar-refractivity contribution in [3.63, 3.8) is 0 Å². The molecule has 0 bridgehead atoms. The number of sulfonamides is 1. The molecule has 0 radical (unpaired) electrons. The van der Waals surface area contributed by atoms with Crippen molar-refractivity contribution in [3.8, 4) is 0 Å². The fourth-order valence-electron chi connectivity index (χ4n) is 3.59. The van der Waals surface area contributed by atoms with E-state index in [9.17, 15) is 28.1 Å². The van der Waals surface area contributed by atoms with Crippen molar-refractivity contribution in [2.45, 2.75) is 52.2 Å². The number of carbonyl (C=O) groups excluding carboxylic acids is 2. The highest BCUT2D eigenvalue weighted by Crippen LogP contribution is 2.28. The van der Waals surface area contributed by atoms with Crippen LogP contribution in [0.4, 0.5) is 11.4 Å². The van der Waals surface area contributed by atoms with Gasteiger partial charge in [-0.15, -0.1) is 0 Å². The lowest BCUT2D eigenvalue weighted by atomic mass is 10.1. The molecule has 0 fully saturated rings. The maximum atomic E-state index is 13.7. The summed E-state index contributed by atoms with van der Waals surface area (Å²) in [6.45, 7) is 4.60. The van der Waals surface area contributed by atoms with E-state index in [1.165, 1.54) is 23.1 Å². The minimum Gasteiger partial charge on any atom is -0.352 e. The van der Waals surface area contributed by atoms with Crippen LogP contribution in [0.3, 0.4) is 0 Å². The Bertz CT molecular complexity index is 1240. The van der Waals surface area contributed by atoms with Crippen molar-refractivity contribution in [2.75, 3.05) is 17.1 Å². The zero-order chi connectivity index (χ0) is 27.9. The van der Waals surface area contributed by atoms with Gasteiger partial charge in [0.15, 0.2) is 0 Å². The normalized spacial score (nSPS) is 12.9. The van der Waals surface area contributed by atoms with Crippen LogP contribution >= 0.6 is 23.2 Å². The van der Waals surface area contributed by atoms with Gasteiger partial charge < -0.3 is 10.2 Å². The molecule has 0 aliphatic rings. The number of rotatable bonds is 12. The van der Waals surface area contributed by atoms with Crippen LogP contribution in [0.5, 0.6) is 0 Å². The number of nitro benzene ring substituents is 1. The van der Waals surface area contributed by atoms with Crippen LogP contribution in [0.2, 0.25) is 10.0 Å². The van der Waals surface area contributed by atoms with Crippen molar-refractivity contribution >= 4 is 56.4 Å². The van der Waals surface area contributed by atoms with Gasteiger partial charge >= 0.3 is 0 Å². The van der Waals surface area contributed by atoms with E-state index in [4.69, 9.17) is 23.2 Å². The van der Waals surface area contributed by atoms with Gasteiger partial charge in [-0.3, -0.25) is 24.0 Å². The summed E-state index contributed by atoms with van der Waals surface area (Å²) in [5.41, 5.74) is 0.00535. The first kappa shape index (κ1) is 30.3. The lowest BCUT2D eigenvalue weighted by molar-refractivity contribution is -0.384. The van der Waals surface area contributed by atoms with Gasteiger partial charge in [-0.1, -0.05) is 49.2 Å². The van der Waals surface area contributed by atoms with E-state index in [2.05, 4.69) is 5.32 Å². The lowest BCUT2D eigenvalue weighted by Crippen LogP contribution is -2.53. The topological polar surface area (TPSA) is 130 Å². The molecular weight excluding hydrogens is 543 g/mol. The van der Waals surface area contributed by atoms with E-state index < -0.39 is 39.3 Å². The Balaban J connectivity index is 2.54. The fraction of sp³-hybridized carbons (Fsp3) is 0.417. The molecule has 13 heteroatoms. The fourth-order valence-corrected chi connectivity index (χ4v) is 4.95. The first-order valence-corrected chi connectivity index (χ1v) is 14.1. The maximum Gasteiger partial charge on any atom is 0.271 e. The molecule has 0 heterocycles. The molecule has 2 amide bonds. The molecule has 2 rings (SSSR count). The summed E-state index contributed by atoms with van der Waals surface area (Å²) in [7, 11) is -4.04. The number of non-ortho nitro benzene ring substituents is 1. The largest absolute Gasteiger partial charge is 0.352 e. The summed E-state index contributed by atoms with van der Waals surface area (Å²) in [5, 5.41) is 14.6. The monoisotopic (exact) mass is 572 g/mol. The van der Waals surface area contributed by atoms with Gasteiger partial charge in [-0.05, 0) is 38.0 Å². The van der Waals surface area contributed by atoms with E-state index in [-0.39, 0.29) is 40.4 Å². The first-order chi connectivity index (χ1) is 17.3. The van der Waals surface area contributed by atoms with Crippen LogP contribution in [-0.4, -0.2) is 54.9 Å². The van der Waals surface area contributed by atoms with Gasteiger partial charge in [0, 0.05) is 40.3 Å². The van der Waals surface area contributed by atoms with Crippen LogP contribution < -0.4 is 9.62 Å². The predicted octanol–water partition coefficient (Wildman–Crippen LogP) is 4.39. The Morgan fingerprint density at radius 3 is 2.19 bits per heavy atom. The Morgan fingerprint density at radius 2 is 1.68 bits per heavy atom. The summed E-state index contributed by atoms with van der Waals surface area (Å²) in [6, 6.07) is 8.67. The quantitative estimate of drug-likeness (QED) is 0.296. The Hall–Kier alpha value is -2.89. The smallest absolute Gasteiger partial charge is 0.271 e. The molecule has 1 N–H and O–H groups in total. The highest BCUT2D eigenvalue weighted by atomic mass is 35.5. The second kappa shape index (κ2) is 13.1. The van der Waals surface area contributed by atoms with Crippen LogP contribution in [-0.2, 0) is 26.2 Å². The highest BCUT2D eigenvalue weighted by molar-refractivity contribution is 7.92. The number of halogens is 2. The van der Waals surface area contributed by atoms with E-state index in [0.717, 1.165) is 16.6 Å². The summed E-state index contributed by atoms with van der Waals surface area (Å²) in [5.74, 6) is -1.12. The Labute approximate surface area is 226 Å². The predicted molar refractivity (Wildman–Crippen MR) is 144 cm³/mol. The highest BCUT2D eigenvalue weighted by Gasteiger charge is 2.33. The molecule has 202 valence electrons. The van der Waals surface area contributed by atoms with Gasteiger partial charge in [0.1, 0.15) is 12.6 Å². The third kappa shape index (κ3) is 8.05. The number of carbonyl (C=O) groups is 2. The number of anilines is 1. The van der Waals surface area contributed by atoms with Crippen LogP contribution in [0.15, 0.2) is 42.5 Å². The molecule has 2 atom stereocenters. The van der Waals surface area contributed by atoms with Gasteiger partial charge in [0.25, 0.3) is 5.69 Å². The molecule has 2 aromatic rings. The average Bonchev–Trinajstić information content (AvgIpc) is 2.83. The van der Waals surface area contributed by atoms with Crippen molar-refractivity contribution in [3.05, 3.63) is 68.2 Å². The molecule has 0 aliphatic heterocycles. The lowest BCUT2D eigenvalue weighted by Gasteiger charge is -2.33. The number of hydrogen-bond acceptors (Lipinski definition) is 6. The van der Waals surface area contributed by atoms with Gasteiger partial charge in [-0.2, -0.15) is 0 Å². The summed E-state index contributed by atoms with van der Waals surface area (Å²) >= 11 is 12.7. The molecule has 0 unspecified atom stereocenters. The van der Waals surface area contributed by atoms with Crippen LogP contribution in [0.25, 0.3) is 0 Å². The third-order valence-electron chi connectivity index (χ3n) is 5.78. The molecule has 37 heavy (non-hydrogen) atoms. The third-order valence-corrected chi connectivity index (χ3v) is 7.63. The number of hydrogen-bond donors (Lipinski definition) is 1. The second-order valence-corrected chi connectivity index (χ2v) is 11.2. The molecule has 0 aliphatic carbocycles. The van der Waals surface area contributed by atoms with Gasteiger partial charge in [-0.25, -0.2) is 8.42 Å². The van der Waals surface area contributed by atoms with Crippen molar-refractivity contribution in [2.24, 2.45) is 0 Å². The van der Waals surface area contributed by atoms with Crippen LogP contribution in [0.1, 0.15) is 39.2 Å². The second-order valence-electron chi connectivity index (χ2n) is 8.51. The zero-order valence-corrected chi connectivity index (χ0v) is 23.3. The number of nitrogens with one attached hydrogen (secondary N) is 1. The molecule has 0 saturated carbocycles. The number of nitro groups is 1. The summed E-state index contributed by atoms with van der Waals surface area (Å²) in [4.78, 5) is 38.6. The van der Waals surface area contributed by atoms with E-state index in [1.54, 1.807) is 25.1 Å². The SMILES string of the molecule is CC[C@H](C)NC(=O)[C@H](CC)N(Cc1c(Cl)cccc1Cl)C(=O)CN(c1cccc([N+](=O)[O-])c1)S(C)(=O)=O. The Morgan fingerprint density at radius 1 is 1.08 bits per heavy atom. The minimum absolute atomic E-state index is 0.0575. The van der Waals surface area contributed by atoms with Gasteiger partial charge in [0.2, 0.25) is 21.8 Å². The number of nitrogens with zero attached hydrogens (tertiary/aromatic N) is 3. The van der Waals surface area contributed by atoms with Crippen LogP contribution in [0, 0.1) is 10.1 Å². The summed E-state index contributed by atoms with van der Waals surface area (Å²) < 4.78 is 26.1. The Kier molecular flexibility index (Phi) is 10.7. The van der Waals surface area contributed by atoms with Crippen molar-refractivity contribution < 1.29 is 22.9 Å². The molecular formula is C24H30Cl2N4O6S. The molecule has 10 nitrogen and oxygen atoms in total. The van der Waals surface area contributed by atoms with Crippen molar-refractivity contribution in [1.29, 1.82) is 0 Å². The molecule has 0 saturated heterocycles. The first-order valence-electron chi connectivity index (χ1n) is 11.5. The van der Waals surface area contributed by atoms with E-state index in [0.29, 0.717) is 12.0 Å². The van der Waals surface area contributed by atoms with Crippen molar-refractivity contribution in [1.82, 2.24) is 10.2 Å². The minimum atomic E-state index is -4.04. The van der Waals surface area contributed by atoms with E-state index >= 15 is 0 Å². The molecule has 2 aromatic carbocycles. The number of amides is 2. The van der Waals surface area contributed by atoms with E-state index in [1.807, 2.05) is 13.8 Å². The zero-order valence-electron chi connectivity index (χ0n) is 21.0.